The van der Waals surface area contributed by atoms with Crippen LogP contribution in [-0.2, 0) is 6.42 Å². The van der Waals surface area contributed by atoms with Crippen LogP contribution in [0.4, 0.5) is 0 Å². The molecule has 0 saturated heterocycles. The first-order chi connectivity index (χ1) is 8.08. The Hall–Kier alpha value is -0.340. The lowest BCUT2D eigenvalue weighted by Crippen LogP contribution is -2.25. The van der Waals surface area contributed by atoms with Crippen molar-refractivity contribution >= 4 is 15.9 Å². The lowest BCUT2D eigenvalue weighted by atomic mass is 10.0. The van der Waals surface area contributed by atoms with E-state index in [1.807, 2.05) is 0 Å². The molecule has 1 atom stereocenters. The normalized spacial score (nSPS) is 13.0. The molecular weight excluding hydrogens is 274 g/mol. The fraction of sp³-hybridized carbons (Fsp3) is 0.600. The van der Waals surface area contributed by atoms with Gasteiger partial charge in [0.05, 0.1) is 0 Å². The van der Waals surface area contributed by atoms with E-state index in [9.17, 15) is 0 Å². The predicted molar refractivity (Wildman–Crippen MR) is 79.3 cm³/mol. The standard InChI is InChI=1S/C15H24BrN/c1-12(2)10-17-11-13(3)7-8-14-5-4-6-15(16)9-14/h4-6,9,12-13,17H,7-8,10-11H2,1-3H3. The van der Waals surface area contributed by atoms with E-state index in [4.69, 9.17) is 0 Å². The van der Waals surface area contributed by atoms with Gasteiger partial charge in [-0.1, -0.05) is 48.8 Å². The average Bonchev–Trinajstić information content (AvgIpc) is 2.26. The Kier molecular flexibility index (Phi) is 6.83. The summed E-state index contributed by atoms with van der Waals surface area (Å²) < 4.78 is 1.18. The zero-order chi connectivity index (χ0) is 12.7. The van der Waals surface area contributed by atoms with Crippen LogP contribution in [0.15, 0.2) is 28.7 Å². The van der Waals surface area contributed by atoms with E-state index in [1.165, 1.54) is 22.9 Å². The first-order valence-corrected chi connectivity index (χ1v) is 7.32. The van der Waals surface area contributed by atoms with Crippen LogP contribution in [0.3, 0.4) is 0 Å². The zero-order valence-electron chi connectivity index (χ0n) is 11.2. The molecule has 2 heteroatoms. The summed E-state index contributed by atoms with van der Waals surface area (Å²) in [5.41, 5.74) is 1.43. The van der Waals surface area contributed by atoms with Crippen LogP contribution >= 0.6 is 15.9 Å². The van der Waals surface area contributed by atoms with Crippen molar-refractivity contribution in [2.24, 2.45) is 11.8 Å². The summed E-state index contributed by atoms with van der Waals surface area (Å²) in [6.07, 6.45) is 2.42. The van der Waals surface area contributed by atoms with Crippen molar-refractivity contribution in [3.05, 3.63) is 34.3 Å². The molecule has 1 aromatic carbocycles. The van der Waals surface area contributed by atoms with Gasteiger partial charge in [0.15, 0.2) is 0 Å². The van der Waals surface area contributed by atoms with E-state index < -0.39 is 0 Å². The molecule has 0 radical (unpaired) electrons. The van der Waals surface area contributed by atoms with Crippen LogP contribution < -0.4 is 5.32 Å². The Bertz CT molecular complexity index is 322. The molecule has 1 unspecified atom stereocenters. The summed E-state index contributed by atoms with van der Waals surface area (Å²) in [5.74, 6) is 1.49. The maximum Gasteiger partial charge on any atom is 0.0177 e. The average molecular weight is 298 g/mol. The fourth-order valence-corrected chi connectivity index (χ4v) is 2.27. The highest BCUT2D eigenvalue weighted by molar-refractivity contribution is 9.10. The number of hydrogen-bond donors (Lipinski definition) is 1. The minimum atomic E-state index is 0.743. The van der Waals surface area contributed by atoms with Crippen molar-refractivity contribution < 1.29 is 0 Å². The van der Waals surface area contributed by atoms with Gasteiger partial charge in [0.1, 0.15) is 0 Å². The van der Waals surface area contributed by atoms with Crippen molar-refractivity contribution in [3.63, 3.8) is 0 Å². The van der Waals surface area contributed by atoms with Gasteiger partial charge < -0.3 is 5.32 Å². The molecule has 0 aliphatic heterocycles. The largest absolute Gasteiger partial charge is 0.316 e. The molecule has 1 rings (SSSR count). The second-order valence-electron chi connectivity index (χ2n) is 5.33. The number of benzene rings is 1. The van der Waals surface area contributed by atoms with Gasteiger partial charge in [-0.3, -0.25) is 0 Å². The van der Waals surface area contributed by atoms with Crippen molar-refractivity contribution in [2.45, 2.75) is 33.6 Å². The molecule has 0 aromatic heterocycles. The molecule has 0 bridgehead atoms. The highest BCUT2D eigenvalue weighted by Gasteiger charge is 2.03. The maximum absolute atomic E-state index is 3.52. The second-order valence-corrected chi connectivity index (χ2v) is 6.24. The number of rotatable bonds is 7. The van der Waals surface area contributed by atoms with Crippen LogP contribution in [0.2, 0.25) is 0 Å². The number of hydrogen-bond acceptors (Lipinski definition) is 1. The molecule has 0 aliphatic carbocycles. The van der Waals surface area contributed by atoms with E-state index >= 15 is 0 Å². The molecule has 0 aliphatic rings. The molecular formula is C15H24BrN. The van der Waals surface area contributed by atoms with Gasteiger partial charge in [-0.05, 0) is 55.5 Å². The number of halogens is 1. The Balaban J connectivity index is 2.21. The Morgan fingerprint density at radius 3 is 2.59 bits per heavy atom. The van der Waals surface area contributed by atoms with E-state index in [2.05, 4.69) is 66.3 Å². The third-order valence-corrected chi connectivity index (χ3v) is 3.35. The summed E-state index contributed by atoms with van der Waals surface area (Å²) >= 11 is 3.51. The molecule has 0 saturated carbocycles. The minimum absolute atomic E-state index is 0.743. The maximum atomic E-state index is 3.52. The summed E-state index contributed by atoms with van der Waals surface area (Å²) in [6.45, 7) is 9.08. The minimum Gasteiger partial charge on any atom is -0.316 e. The van der Waals surface area contributed by atoms with Crippen molar-refractivity contribution in [1.82, 2.24) is 5.32 Å². The molecule has 17 heavy (non-hydrogen) atoms. The molecule has 0 spiro atoms. The van der Waals surface area contributed by atoms with Gasteiger partial charge in [-0.25, -0.2) is 0 Å². The van der Waals surface area contributed by atoms with Crippen LogP contribution in [-0.4, -0.2) is 13.1 Å². The Morgan fingerprint density at radius 2 is 1.94 bits per heavy atom. The van der Waals surface area contributed by atoms with E-state index in [-0.39, 0.29) is 0 Å². The van der Waals surface area contributed by atoms with Gasteiger partial charge in [0, 0.05) is 4.47 Å². The molecule has 1 aromatic rings. The Morgan fingerprint density at radius 1 is 1.18 bits per heavy atom. The van der Waals surface area contributed by atoms with Gasteiger partial charge in [-0.2, -0.15) is 0 Å². The molecule has 0 amide bonds. The topological polar surface area (TPSA) is 12.0 Å². The van der Waals surface area contributed by atoms with Crippen LogP contribution in [0.1, 0.15) is 32.8 Å². The van der Waals surface area contributed by atoms with E-state index in [0.29, 0.717) is 0 Å². The van der Waals surface area contributed by atoms with Crippen molar-refractivity contribution in [3.8, 4) is 0 Å². The summed E-state index contributed by atoms with van der Waals surface area (Å²) in [4.78, 5) is 0. The first kappa shape index (κ1) is 14.7. The van der Waals surface area contributed by atoms with Crippen molar-refractivity contribution in [2.75, 3.05) is 13.1 Å². The van der Waals surface area contributed by atoms with Gasteiger partial charge >= 0.3 is 0 Å². The fourth-order valence-electron chi connectivity index (χ4n) is 1.83. The van der Waals surface area contributed by atoms with Gasteiger partial charge in [0.25, 0.3) is 0 Å². The van der Waals surface area contributed by atoms with Crippen LogP contribution in [0.25, 0.3) is 0 Å². The Labute approximate surface area is 114 Å². The zero-order valence-corrected chi connectivity index (χ0v) is 12.8. The summed E-state index contributed by atoms with van der Waals surface area (Å²) in [6, 6.07) is 8.62. The van der Waals surface area contributed by atoms with E-state index in [1.54, 1.807) is 0 Å². The third-order valence-electron chi connectivity index (χ3n) is 2.86. The smallest absolute Gasteiger partial charge is 0.0177 e. The first-order valence-electron chi connectivity index (χ1n) is 6.53. The predicted octanol–water partition coefficient (Wildman–Crippen LogP) is 4.26. The molecule has 1 nitrogen and oxygen atoms in total. The number of nitrogens with one attached hydrogen (secondary N) is 1. The molecule has 0 fully saturated rings. The second kappa shape index (κ2) is 7.88. The van der Waals surface area contributed by atoms with E-state index in [0.717, 1.165) is 24.9 Å². The highest BCUT2D eigenvalue weighted by Crippen LogP contribution is 2.15. The van der Waals surface area contributed by atoms with Gasteiger partial charge in [0.2, 0.25) is 0 Å². The van der Waals surface area contributed by atoms with Crippen LogP contribution in [0, 0.1) is 11.8 Å². The summed E-state index contributed by atoms with van der Waals surface area (Å²) in [7, 11) is 0. The number of aryl methyl sites for hydroxylation is 1. The monoisotopic (exact) mass is 297 g/mol. The SMILES string of the molecule is CC(C)CNCC(C)CCc1cccc(Br)c1. The lowest BCUT2D eigenvalue weighted by Gasteiger charge is -2.14. The highest BCUT2D eigenvalue weighted by atomic mass is 79.9. The summed E-state index contributed by atoms with van der Waals surface area (Å²) in [5, 5.41) is 3.52. The lowest BCUT2D eigenvalue weighted by molar-refractivity contribution is 0.454. The molecule has 1 N–H and O–H groups in total. The molecule has 96 valence electrons. The quantitative estimate of drug-likeness (QED) is 0.793. The third kappa shape index (κ3) is 6.85. The van der Waals surface area contributed by atoms with Crippen molar-refractivity contribution in [1.29, 1.82) is 0 Å². The van der Waals surface area contributed by atoms with Gasteiger partial charge in [-0.15, -0.1) is 0 Å². The van der Waals surface area contributed by atoms with Crippen LogP contribution in [0.5, 0.6) is 0 Å². The molecule has 0 heterocycles.